The van der Waals surface area contributed by atoms with Crippen molar-refractivity contribution in [3.63, 3.8) is 0 Å². The maximum atomic E-state index is 13.3. The Bertz CT molecular complexity index is 512. The molecule has 0 saturated carbocycles. The predicted molar refractivity (Wildman–Crippen MR) is 76.9 cm³/mol. The molecule has 0 spiro atoms. The summed E-state index contributed by atoms with van der Waals surface area (Å²) < 4.78 is 13.3. The number of halogens is 1. The van der Waals surface area contributed by atoms with Gasteiger partial charge < -0.3 is 4.90 Å². The number of nitrogens with one attached hydrogen (secondary N) is 1. The van der Waals surface area contributed by atoms with Crippen molar-refractivity contribution in [2.75, 3.05) is 0 Å². The van der Waals surface area contributed by atoms with Gasteiger partial charge in [0.1, 0.15) is 11.7 Å². The Balaban J connectivity index is 2.29. The van der Waals surface area contributed by atoms with Crippen molar-refractivity contribution in [1.29, 1.82) is 5.41 Å². The van der Waals surface area contributed by atoms with E-state index in [1.165, 1.54) is 12.1 Å². The first-order valence-electron chi connectivity index (χ1n) is 6.75. The lowest BCUT2D eigenvalue weighted by atomic mass is 9.81. The smallest absolute Gasteiger partial charge is 0.129 e. The second-order valence-corrected chi connectivity index (χ2v) is 7.29. The zero-order chi connectivity index (χ0) is 14.4. The molecule has 0 saturated heterocycles. The molecular formula is C16H23FN2. The molecule has 1 aromatic carbocycles. The second-order valence-electron chi connectivity index (χ2n) is 7.29. The van der Waals surface area contributed by atoms with Crippen molar-refractivity contribution >= 4 is 5.84 Å². The minimum Gasteiger partial charge on any atom is -0.347 e. The maximum Gasteiger partial charge on any atom is 0.129 e. The quantitative estimate of drug-likeness (QED) is 0.850. The number of fused-ring (bicyclic) bond motifs is 1. The van der Waals surface area contributed by atoms with Crippen LogP contribution in [-0.4, -0.2) is 16.3 Å². The van der Waals surface area contributed by atoms with Gasteiger partial charge in [-0.15, -0.1) is 0 Å². The van der Waals surface area contributed by atoms with Crippen molar-refractivity contribution in [3.8, 4) is 0 Å². The lowest BCUT2D eigenvalue weighted by Gasteiger charge is -2.41. The van der Waals surface area contributed by atoms with Crippen LogP contribution in [0.4, 0.5) is 4.39 Å². The van der Waals surface area contributed by atoms with Crippen LogP contribution >= 0.6 is 0 Å². The van der Waals surface area contributed by atoms with Crippen molar-refractivity contribution in [2.24, 2.45) is 5.41 Å². The van der Waals surface area contributed by atoms with E-state index in [1.54, 1.807) is 6.07 Å². The number of nitrogens with zero attached hydrogens (tertiary/aromatic N) is 1. The first-order valence-corrected chi connectivity index (χ1v) is 6.75. The van der Waals surface area contributed by atoms with E-state index in [-0.39, 0.29) is 16.8 Å². The molecule has 2 nitrogen and oxygen atoms in total. The fraction of sp³-hybridized carbons (Fsp3) is 0.562. The van der Waals surface area contributed by atoms with Gasteiger partial charge in [0.2, 0.25) is 0 Å². The van der Waals surface area contributed by atoms with Crippen LogP contribution in [0.1, 0.15) is 52.2 Å². The molecule has 1 aliphatic heterocycles. The standard InChI is InChI=1S/C16H23FN2/c1-15(2,3)10-16(4,5)19-9-11-6-7-12(17)8-13(11)14(19)18/h6-8,18H,9-10H2,1-5H3. The Morgan fingerprint density at radius 3 is 2.42 bits per heavy atom. The monoisotopic (exact) mass is 262 g/mol. The van der Waals surface area contributed by atoms with Gasteiger partial charge in [-0.25, -0.2) is 4.39 Å². The van der Waals surface area contributed by atoms with Crippen molar-refractivity contribution < 1.29 is 4.39 Å². The molecule has 3 heteroatoms. The summed E-state index contributed by atoms with van der Waals surface area (Å²) in [7, 11) is 0. The summed E-state index contributed by atoms with van der Waals surface area (Å²) in [5.41, 5.74) is 1.88. The fourth-order valence-corrected chi connectivity index (χ4v) is 3.21. The molecule has 1 aliphatic rings. The number of hydrogen-bond donors (Lipinski definition) is 1. The summed E-state index contributed by atoms with van der Waals surface area (Å²) in [6, 6.07) is 4.75. The first-order chi connectivity index (χ1) is 8.60. The van der Waals surface area contributed by atoms with Crippen molar-refractivity contribution in [1.82, 2.24) is 4.90 Å². The third kappa shape index (κ3) is 2.80. The Labute approximate surface area is 115 Å². The highest BCUT2D eigenvalue weighted by molar-refractivity contribution is 6.00. The fourth-order valence-electron chi connectivity index (χ4n) is 3.21. The number of amidine groups is 1. The molecule has 0 aliphatic carbocycles. The summed E-state index contributed by atoms with van der Waals surface area (Å²) in [5.74, 6) is 0.183. The molecular weight excluding hydrogens is 239 g/mol. The Hall–Kier alpha value is -1.38. The van der Waals surface area contributed by atoms with Gasteiger partial charge in [-0.05, 0) is 43.4 Å². The minimum atomic E-state index is -0.265. The van der Waals surface area contributed by atoms with E-state index >= 15 is 0 Å². The molecule has 104 valence electrons. The highest BCUT2D eigenvalue weighted by atomic mass is 19.1. The second kappa shape index (κ2) is 4.32. The molecule has 1 heterocycles. The van der Waals surface area contributed by atoms with E-state index in [0.717, 1.165) is 17.5 Å². The summed E-state index contributed by atoms with van der Waals surface area (Å²) in [5, 5.41) is 8.31. The van der Waals surface area contributed by atoms with Gasteiger partial charge in [0, 0.05) is 17.6 Å². The van der Waals surface area contributed by atoms with E-state index in [1.807, 2.05) is 0 Å². The number of benzene rings is 1. The average molecular weight is 262 g/mol. The van der Waals surface area contributed by atoms with E-state index in [2.05, 4.69) is 39.5 Å². The van der Waals surface area contributed by atoms with Gasteiger partial charge >= 0.3 is 0 Å². The van der Waals surface area contributed by atoms with Gasteiger partial charge in [-0.2, -0.15) is 0 Å². The predicted octanol–water partition coefficient (Wildman–Crippen LogP) is 4.18. The van der Waals surface area contributed by atoms with Gasteiger partial charge in [0.15, 0.2) is 0 Å². The Kier molecular flexibility index (Phi) is 3.20. The summed E-state index contributed by atoms with van der Waals surface area (Å²) in [6.07, 6.45) is 0.985. The SMILES string of the molecule is CC(C)(C)CC(C)(C)N1Cc2ccc(F)cc2C1=N. The molecule has 1 N–H and O–H groups in total. The van der Waals surface area contributed by atoms with E-state index in [0.29, 0.717) is 12.4 Å². The molecule has 0 unspecified atom stereocenters. The lowest BCUT2D eigenvalue weighted by molar-refractivity contribution is 0.143. The molecule has 0 fully saturated rings. The minimum absolute atomic E-state index is 0.106. The van der Waals surface area contributed by atoms with Crippen LogP contribution in [0.3, 0.4) is 0 Å². The van der Waals surface area contributed by atoms with Crippen LogP contribution in [-0.2, 0) is 6.54 Å². The van der Waals surface area contributed by atoms with Gasteiger partial charge in [0.05, 0.1) is 0 Å². The summed E-state index contributed by atoms with van der Waals surface area (Å²) in [6.45, 7) is 11.7. The van der Waals surface area contributed by atoms with Gasteiger partial charge in [0.25, 0.3) is 0 Å². The molecule has 0 radical (unpaired) electrons. The molecule has 1 aromatic rings. The summed E-state index contributed by atoms with van der Waals surface area (Å²) in [4.78, 5) is 2.09. The van der Waals surface area contributed by atoms with Crippen molar-refractivity contribution in [2.45, 2.75) is 53.1 Å². The maximum absolute atomic E-state index is 13.3. The van der Waals surface area contributed by atoms with E-state index in [4.69, 9.17) is 5.41 Å². The molecule has 0 bridgehead atoms. The zero-order valence-corrected chi connectivity index (χ0v) is 12.5. The molecule has 0 atom stereocenters. The van der Waals surface area contributed by atoms with E-state index in [9.17, 15) is 4.39 Å². The topological polar surface area (TPSA) is 27.1 Å². The van der Waals surface area contributed by atoms with Crippen LogP contribution in [0, 0.1) is 16.6 Å². The average Bonchev–Trinajstić information content (AvgIpc) is 2.53. The molecule has 2 rings (SSSR count). The lowest BCUT2D eigenvalue weighted by Crippen LogP contribution is -2.46. The molecule has 0 amide bonds. The number of hydrogen-bond acceptors (Lipinski definition) is 1. The van der Waals surface area contributed by atoms with E-state index < -0.39 is 0 Å². The third-order valence-electron chi connectivity index (χ3n) is 3.62. The molecule has 19 heavy (non-hydrogen) atoms. The Morgan fingerprint density at radius 2 is 1.84 bits per heavy atom. The third-order valence-corrected chi connectivity index (χ3v) is 3.62. The van der Waals surface area contributed by atoms with Crippen LogP contribution in [0.15, 0.2) is 18.2 Å². The first kappa shape index (κ1) is 14.0. The summed E-state index contributed by atoms with van der Waals surface area (Å²) >= 11 is 0. The van der Waals surface area contributed by atoms with Crippen LogP contribution in [0.2, 0.25) is 0 Å². The highest BCUT2D eigenvalue weighted by Crippen LogP contribution is 2.36. The molecule has 0 aromatic heterocycles. The zero-order valence-electron chi connectivity index (χ0n) is 12.5. The van der Waals surface area contributed by atoms with Gasteiger partial charge in [-0.3, -0.25) is 5.41 Å². The normalized spacial score (nSPS) is 15.9. The Morgan fingerprint density at radius 1 is 1.21 bits per heavy atom. The highest BCUT2D eigenvalue weighted by Gasteiger charge is 2.37. The van der Waals surface area contributed by atoms with Crippen molar-refractivity contribution in [3.05, 3.63) is 35.1 Å². The van der Waals surface area contributed by atoms with Gasteiger partial charge in [-0.1, -0.05) is 26.8 Å². The van der Waals surface area contributed by atoms with Crippen LogP contribution < -0.4 is 0 Å². The number of rotatable bonds is 2. The van der Waals surface area contributed by atoms with Crippen LogP contribution in [0.5, 0.6) is 0 Å². The van der Waals surface area contributed by atoms with Crippen LogP contribution in [0.25, 0.3) is 0 Å². The largest absolute Gasteiger partial charge is 0.347 e.